The molecule has 0 unspecified atom stereocenters. The van der Waals surface area contributed by atoms with Crippen molar-refractivity contribution in [3.05, 3.63) is 118 Å². The van der Waals surface area contributed by atoms with Gasteiger partial charge in [0.15, 0.2) is 0 Å². The average Bonchev–Trinajstić information content (AvgIpc) is 3.43. The summed E-state index contributed by atoms with van der Waals surface area (Å²) < 4.78 is 27.6. The van der Waals surface area contributed by atoms with Crippen LogP contribution in [0.2, 0.25) is 5.02 Å². The van der Waals surface area contributed by atoms with E-state index in [0.717, 1.165) is 54.0 Å². The Labute approximate surface area is 284 Å². The Bertz CT molecular complexity index is 1870. The molecule has 250 valence electrons. The van der Waals surface area contributed by atoms with Gasteiger partial charge in [-0.05, 0) is 86.9 Å². The Kier molecular flexibility index (Phi) is 10.5. The van der Waals surface area contributed by atoms with E-state index in [0.29, 0.717) is 41.7 Å². The number of likely N-dealkylation sites (tertiary alicyclic amines) is 1. The highest BCUT2D eigenvalue weighted by atomic mass is 35.5. The van der Waals surface area contributed by atoms with Crippen molar-refractivity contribution in [1.82, 2.24) is 24.8 Å². The van der Waals surface area contributed by atoms with E-state index < -0.39 is 5.82 Å². The van der Waals surface area contributed by atoms with E-state index in [9.17, 15) is 14.3 Å². The summed E-state index contributed by atoms with van der Waals surface area (Å²) in [5.41, 5.74) is 4.56. The lowest BCUT2D eigenvalue weighted by atomic mass is 9.93. The predicted octanol–water partition coefficient (Wildman–Crippen LogP) is 7.03. The van der Waals surface area contributed by atoms with Gasteiger partial charge in [-0.25, -0.2) is 14.4 Å². The Morgan fingerprint density at radius 3 is 2.60 bits per heavy atom. The number of nitrogens with one attached hydrogen (secondary N) is 1. The summed E-state index contributed by atoms with van der Waals surface area (Å²) in [7, 11) is 1.69. The number of aromatic hydroxyl groups is 1. The average molecular weight is 672 g/mol. The quantitative estimate of drug-likeness (QED) is 0.147. The Morgan fingerprint density at radius 2 is 1.85 bits per heavy atom. The number of carbonyl (C=O) groups excluding carboxylic acids is 1. The van der Waals surface area contributed by atoms with E-state index in [-0.39, 0.29) is 30.2 Å². The van der Waals surface area contributed by atoms with Crippen LogP contribution in [0.25, 0.3) is 11.0 Å². The largest absolute Gasteiger partial charge is 0.508 e. The van der Waals surface area contributed by atoms with Gasteiger partial charge in [-0.3, -0.25) is 9.69 Å². The molecule has 1 atom stereocenters. The molecule has 2 N–H and O–H groups in total. The van der Waals surface area contributed by atoms with Crippen LogP contribution in [0.3, 0.4) is 0 Å². The van der Waals surface area contributed by atoms with Crippen LogP contribution >= 0.6 is 11.6 Å². The van der Waals surface area contributed by atoms with Crippen LogP contribution in [0.1, 0.15) is 64.7 Å². The van der Waals surface area contributed by atoms with Gasteiger partial charge in [-0.1, -0.05) is 35.9 Å². The number of nitrogens with zero attached hydrogens (tertiary/aromatic N) is 4. The molecule has 3 heterocycles. The van der Waals surface area contributed by atoms with Crippen molar-refractivity contribution >= 4 is 28.5 Å². The molecular formula is C37H39ClFN5O4. The van der Waals surface area contributed by atoms with Crippen LogP contribution in [0.15, 0.2) is 78.9 Å². The number of phenolic OH excluding ortho intramolecular Hbond substituents is 1. The van der Waals surface area contributed by atoms with E-state index in [1.165, 1.54) is 6.07 Å². The zero-order valence-electron chi connectivity index (χ0n) is 27.0. The van der Waals surface area contributed by atoms with Crippen LogP contribution in [0, 0.1) is 5.82 Å². The molecule has 0 bridgehead atoms. The molecule has 48 heavy (non-hydrogen) atoms. The molecule has 1 aliphatic heterocycles. The number of fused-ring (bicyclic) bond motifs is 1. The van der Waals surface area contributed by atoms with Crippen molar-refractivity contribution in [2.75, 3.05) is 26.8 Å². The molecule has 0 aliphatic carbocycles. The topological polar surface area (TPSA) is 102 Å². The summed E-state index contributed by atoms with van der Waals surface area (Å²) in [6, 6.07) is 22.5. The number of aromatic nitrogens is 3. The fourth-order valence-electron chi connectivity index (χ4n) is 6.12. The highest BCUT2D eigenvalue weighted by Crippen LogP contribution is 2.30. The molecule has 6 rings (SSSR count). The third kappa shape index (κ3) is 7.95. The van der Waals surface area contributed by atoms with Crippen molar-refractivity contribution in [1.29, 1.82) is 0 Å². The van der Waals surface area contributed by atoms with E-state index in [1.54, 1.807) is 49.6 Å². The molecule has 1 saturated heterocycles. The zero-order valence-corrected chi connectivity index (χ0v) is 27.8. The zero-order chi connectivity index (χ0) is 33.6. The highest BCUT2D eigenvalue weighted by molar-refractivity contribution is 6.30. The van der Waals surface area contributed by atoms with Crippen molar-refractivity contribution in [3.63, 3.8) is 0 Å². The number of halogens is 2. The lowest BCUT2D eigenvalue weighted by Gasteiger charge is -2.31. The first-order chi connectivity index (χ1) is 23.3. The van der Waals surface area contributed by atoms with Crippen LogP contribution in [0.4, 0.5) is 4.39 Å². The minimum Gasteiger partial charge on any atom is -0.508 e. The molecule has 9 nitrogen and oxygen atoms in total. The summed E-state index contributed by atoms with van der Waals surface area (Å²) in [6.45, 7) is 5.62. The first kappa shape index (κ1) is 33.4. The number of phenols is 1. The lowest BCUT2D eigenvalue weighted by Crippen LogP contribution is -2.33. The van der Waals surface area contributed by atoms with Gasteiger partial charge in [0, 0.05) is 47.5 Å². The van der Waals surface area contributed by atoms with Gasteiger partial charge >= 0.3 is 0 Å². The molecule has 3 aromatic carbocycles. The van der Waals surface area contributed by atoms with Crippen molar-refractivity contribution in [3.8, 4) is 11.6 Å². The van der Waals surface area contributed by atoms with Gasteiger partial charge in [-0.2, -0.15) is 0 Å². The normalized spacial score (nSPS) is 14.7. The number of amides is 1. The first-order valence-electron chi connectivity index (χ1n) is 16.1. The number of benzene rings is 3. The molecule has 2 aromatic heterocycles. The second-order valence-electron chi connectivity index (χ2n) is 12.1. The molecule has 1 amide bonds. The number of methoxy groups -OCH3 is 1. The molecule has 5 aromatic rings. The fraction of sp³-hybridized carbons (Fsp3) is 0.324. The lowest BCUT2D eigenvalue weighted by molar-refractivity contribution is 0.0940. The van der Waals surface area contributed by atoms with Crippen molar-refractivity contribution in [2.45, 2.75) is 51.4 Å². The third-order valence-corrected chi connectivity index (χ3v) is 9.09. The van der Waals surface area contributed by atoms with Gasteiger partial charge in [0.1, 0.15) is 24.0 Å². The van der Waals surface area contributed by atoms with Gasteiger partial charge in [-0.15, -0.1) is 0 Å². The maximum absolute atomic E-state index is 14.2. The number of pyridine rings is 1. The summed E-state index contributed by atoms with van der Waals surface area (Å²) in [5.74, 6) is 1.29. The molecule has 1 aliphatic rings. The highest BCUT2D eigenvalue weighted by Gasteiger charge is 2.24. The molecule has 0 saturated carbocycles. The molecule has 11 heteroatoms. The number of rotatable bonds is 12. The maximum atomic E-state index is 14.2. The number of piperidine rings is 1. The van der Waals surface area contributed by atoms with E-state index in [4.69, 9.17) is 31.0 Å². The standard InChI is InChI=1S/C37H39ClFN5O4/c1-24(25-7-11-30(45)12-8-25)40-37(46)27-9-13-34-33(20-27)41-35(44(34)18-19-47-2)22-43-16-14-26(15-17-43)32-4-3-5-36(42-32)48-23-28-6-10-29(38)21-31(28)39/h3-13,20-21,24,26,45H,14-19,22-23H2,1-2H3,(H,40,46)/t24-/m0/s1. The molecule has 0 spiro atoms. The monoisotopic (exact) mass is 671 g/mol. The van der Waals surface area contributed by atoms with Gasteiger partial charge in [0.05, 0.1) is 30.2 Å². The van der Waals surface area contributed by atoms with Crippen molar-refractivity contribution in [2.24, 2.45) is 0 Å². The first-order valence-corrected chi connectivity index (χ1v) is 16.5. The summed E-state index contributed by atoms with van der Waals surface area (Å²) in [5, 5.41) is 13.0. The van der Waals surface area contributed by atoms with E-state index in [2.05, 4.69) is 14.8 Å². The molecule has 0 radical (unpaired) electrons. The fourth-order valence-corrected chi connectivity index (χ4v) is 6.27. The minimum absolute atomic E-state index is 0.0765. The summed E-state index contributed by atoms with van der Waals surface area (Å²) in [4.78, 5) is 25.3. The van der Waals surface area contributed by atoms with Crippen LogP contribution in [0.5, 0.6) is 11.6 Å². The van der Waals surface area contributed by atoms with Crippen LogP contribution < -0.4 is 10.1 Å². The van der Waals surface area contributed by atoms with E-state index >= 15 is 0 Å². The molecule has 1 fully saturated rings. The maximum Gasteiger partial charge on any atom is 0.251 e. The number of hydrogen-bond donors (Lipinski definition) is 2. The molecular weight excluding hydrogens is 633 g/mol. The smallest absolute Gasteiger partial charge is 0.251 e. The SMILES string of the molecule is COCCn1c(CN2CCC(c3cccc(OCc4ccc(Cl)cc4F)n3)CC2)nc2cc(C(=O)N[C@@H](C)c3ccc(O)cc3)ccc21. The second-order valence-corrected chi connectivity index (χ2v) is 12.6. The van der Waals surface area contributed by atoms with Crippen molar-refractivity contribution < 1.29 is 23.8 Å². The van der Waals surface area contributed by atoms with Gasteiger partial charge < -0.3 is 24.5 Å². The Morgan fingerprint density at radius 1 is 1.06 bits per heavy atom. The number of hydrogen-bond acceptors (Lipinski definition) is 7. The van der Waals surface area contributed by atoms with Crippen LogP contribution in [-0.2, 0) is 24.4 Å². The number of imidazole rings is 1. The minimum atomic E-state index is -0.399. The van der Waals surface area contributed by atoms with Gasteiger partial charge in [0.25, 0.3) is 5.91 Å². The predicted molar refractivity (Wildman–Crippen MR) is 183 cm³/mol. The number of carbonyl (C=O) groups is 1. The third-order valence-electron chi connectivity index (χ3n) is 8.86. The Balaban J connectivity index is 1.09. The summed E-state index contributed by atoms with van der Waals surface area (Å²) in [6.07, 6.45) is 1.87. The Hall–Kier alpha value is -4.51. The van der Waals surface area contributed by atoms with Crippen LogP contribution in [-0.4, -0.2) is 57.3 Å². The summed E-state index contributed by atoms with van der Waals surface area (Å²) >= 11 is 5.87. The van der Waals surface area contributed by atoms with E-state index in [1.807, 2.05) is 37.3 Å². The second kappa shape index (κ2) is 15.1. The van der Waals surface area contributed by atoms with Gasteiger partial charge in [0.2, 0.25) is 5.88 Å². The number of ether oxygens (including phenoxy) is 2.